The van der Waals surface area contributed by atoms with Crippen molar-refractivity contribution in [3.8, 4) is 0 Å². The molecule has 0 saturated heterocycles. The average molecular weight is 268 g/mol. The Balaban J connectivity index is 2.45. The van der Waals surface area contributed by atoms with Crippen LogP contribution in [0.15, 0.2) is 12.1 Å². The van der Waals surface area contributed by atoms with Crippen molar-refractivity contribution in [2.45, 2.75) is 44.9 Å². The van der Waals surface area contributed by atoms with Gasteiger partial charge in [-0.25, -0.2) is 8.78 Å². The highest BCUT2D eigenvalue weighted by molar-refractivity contribution is 5.68. The minimum absolute atomic E-state index is 0.0314. The van der Waals surface area contributed by atoms with Gasteiger partial charge in [0, 0.05) is 11.5 Å². The van der Waals surface area contributed by atoms with Crippen LogP contribution in [0.5, 0.6) is 0 Å². The van der Waals surface area contributed by atoms with Crippen LogP contribution in [0.2, 0.25) is 0 Å². The molecule has 1 unspecified atom stereocenters. The summed E-state index contributed by atoms with van der Waals surface area (Å²) in [4.78, 5) is 10.9. The second-order valence-corrected chi connectivity index (χ2v) is 5.56. The summed E-state index contributed by atoms with van der Waals surface area (Å²) in [5, 5.41) is 8.94. The second-order valence-electron chi connectivity index (χ2n) is 5.56. The highest BCUT2D eigenvalue weighted by Crippen LogP contribution is 2.46. The number of aliphatic carboxylic acids is 1. The van der Waals surface area contributed by atoms with Crippen LogP contribution in [0.3, 0.4) is 0 Å². The molecule has 0 bridgehead atoms. The smallest absolute Gasteiger partial charge is 0.303 e. The lowest BCUT2D eigenvalue weighted by atomic mass is 9.87. The van der Waals surface area contributed by atoms with Gasteiger partial charge in [0.2, 0.25) is 0 Å². The summed E-state index contributed by atoms with van der Waals surface area (Å²) in [7, 11) is 0. The van der Waals surface area contributed by atoms with Crippen molar-refractivity contribution >= 4 is 5.97 Å². The van der Waals surface area contributed by atoms with Crippen molar-refractivity contribution in [3.63, 3.8) is 0 Å². The Morgan fingerprint density at radius 3 is 2.47 bits per heavy atom. The van der Waals surface area contributed by atoms with Crippen molar-refractivity contribution in [3.05, 3.63) is 34.9 Å². The van der Waals surface area contributed by atoms with Gasteiger partial charge in [0.25, 0.3) is 0 Å². The van der Waals surface area contributed by atoms with Gasteiger partial charge in [-0.1, -0.05) is 19.9 Å². The minimum atomic E-state index is -1.01. The van der Waals surface area contributed by atoms with Crippen molar-refractivity contribution in [2.75, 3.05) is 0 Å². The summed E-state index contributed by atoms with van der Waals surface area (Å²) < 4.78 is 28.4. The maximum atomic E-state index is 14.4. The van der Waals surface area contributed by atoms with E-state index in [0.717, 1.165) is 12.8 Å². The van der Waals surface area contributed by atoms with Crippen molar-refractivity contribution < 1.29 is 18.7 Å². The zero-order valence-electron chi connectivity index (χ0n) is 11.1. The molecular formula is C15H18F2O2. The maximum Gasteiger partial charge on any atom is 0.303 e. The molecule has 19 heavy (non-hydrogen) atoms. The van der Waals surface area contributed by atoms with E-state index in [1.54, 1.807) is 0 Å². The molecule has 1 saturated carbocycles. The van der Waals surface area contributed by atoms with Crippen LogP contribution in [0.25, 0.3) is 0 Å². The first kappa shape index (κ1) is 14.0. The first-order chi connectivity index (χ1) is 8.91. The van der Waals surface area contributed by atoms with Crippen LogP contribution in [0.4, 0.5) is 8.78 Å². The van der Waals surface area contributed by atoms with Crippen LogP contribution in [0.1, 0.15) is 56.1 Å². The van der Waals surface area contributed by atoms with Gasteiger partial charge >= 0.3 is 5.97 Å². The molecule has 104 valence electrons. The molecule has 1 aromatic carbocycles. The van der Waals surface area contributed by atoms with Crippen molar-refractivity contribution in [1.82, 2.24) is 0 Å². The van der Waals surface area contributed by atoms with E-state index in [4.69, 9.17) is 5.11 Å². The molecule has 0 aliphatic heterocycles. The Morgan fingerprint density at radius 2 is 2.00 bits per heavy atom. The zero-order chi connectivity index (χ0) is 14.2. The summed E-state index contributed by atoms with van der Waals surface area (Å²) in [6, 6.07) is 2.70. The van der Waals surface area contributed by atoms with Crippen molar-refractivity contribution in [1.29, 1.82) is 0 Å². The zero-order valence-corrected chi connectivity index (χ0v) is 11.1. The lowest BCUT2D eigenvalue weighted by Gasteiger charge is -2.19. The molecule has 0 heterocycles. The van der Waals surface area contributed by atoms with Crippen LogP contribution in [0, 0.1) is 17.6 Å². The number of halogens is 2. The van der Waals surface area contributed by atoms with E-state index in [9.17, 15) is 13.6 Å². The van der Waals surface area contributed by atoms with Gasteiger partial charge in [0.1, 0.15) is 11.6 Å². The summed E-state index contributed by atoms with van der Waals surface area (Å²) >= 11 is 0. The molecule has 0 spiro atoms. The SMILES string of the molecule is CC(C)c1ccc(F)c(C(CC(=O)O)C2CC2)c1F. The fraction of sp³-hybridized carbons (Fsp3) is 0.533. The van der Waals surface area contributed by atoms with Gasteiger partial charge in [-0.2, -0.15) is 0 Å². The van der Waals surface area contributed by atoms with Crippen LogP contribution < -0.4 is 0 Å². The number of carbonyl (C=O) groups is 1. The second kappa shape index (κ2) is 5.27. The standard InChI is InChI=1S/C15H18F2O2/c1-8(2)10-5-6-12(16)14(15(10)17)11(7-13(18)19)9-3-4-9/h5-6,8-9,11H,3-4,7H2,1-2H3,(H,18,19). The fourth-order valence-electron chi connectivity index (χ4n) is 2.56. The number of hydrogen-bond donors (Lipinski definition) is 1. The van der Waals surface area contributed by atoms with E-state index < -0.39 is 23.5 Å². The van der Waals surface area contributed by atoms with Crippen molar-refractivity contribution in [2.24, 2.45) is 5.92 Å². The minimum Gasteiger partial charge on any atom is -0.481 e. The molecule has 0 radical (unpaired) electrons. The fourth-order valence-corrected chi connectivity index (χ4v) is 2.56. The topological polar surface area (TPSA) is 37.3 Å². The summed E-state index contributed by atoms with van der Waals surface area (Å²) in [5.74, 6) is -2.69. The molecule has 1 atom stereocenters. The van der Waals surface area contributed by atoms with Gasteiger partial charge in [0.15, 0.2) is 0 Å². The lowest BCUT2D eigenvalue weighted by molar-refractivity contribution is -0.137. The molecule has 1 aromatic rings. The van der Waals surface area contributed by atoms with Crippen LogP contribution >= 0.6 is 0 Å². The predicted octanol–water partition coefficient (Wildman–Crippen LogP) is 4.06. The first-order valence-corrected chi connectivity index (χ1v) is 6.61. The molecular weight excluding hydrogens is 250 g/mol. The molecule has 4 heteroatoms. The molecule has 0 aromatic heterocycles. The number of carboxylic acids is 1. The molecule has 1 fully saturated rings. The first-order valence-electron chi connectivity index (χ1n) is 6.61. The van der Waals surface area contributed by atoms with E-state index >= 15 is 0 Å². The monoisotopic (exact) mass is 268 g/mol. The highest BCUT2D eigenvalue weighted by atomic mass is 19.1. The van der Waals surface area contributed by atoms with E-state index in [0.29, 0.717) is 5.56 Å². The Labute approximate surface area is 111 Å². The molecule has 2 nitrogen and oxygen atoms in total. The molecule has 0 amide bonds. The van der Waals surface area contributed by atoms with Gasteiger partial charge in [0.05, 0.1) is 6.42 Å². The Bertz CT molecular complexity index is 493. The average Bonchev–Trinajstić information content (AvgIpc) is 3.10. The molecule has 1 N–H and O–H groups in total. The molecule has 1 aliphatic carbocycles. The lowest BCUT2D eigenvalue weighted by Crippen LogP contribution is -2.13. The van der Waals surface area contributed by atoms with Gasteiger partial charge in [-0.05, 0) is 36.3 Å². The van der Waals surface area contributed by atoms with Gasteiger partial charge in [-0.3, -0.25) is 4.79 Å². The van der Waals surface area contributed by atoms with E-state index in [1.165, 1.54) is 12.1 Å². The third kappa shape index (κ3) is 2.94. The highest BCUT2D eigenvalue weighted by Gasteiger charge is 2.37. The van der Waals surface area contributed by atoms with Gasteiger partial charge < -0.3 is 5.11 Å². The number of benzene rings is 1. The maximum absolute atomic E-state index is 14.4. The number of hydrogen-bond acceptors (Lipinski definition) is 1. The Kier molecular flexibility index (Phi) is 3.88. The van der Waals surface area contributed by atoms with E-state index in [1.807, 2.05) is 13.8 Å². The number of rotatable bonds is 5. The normalized spacial score (nSPS) is 16.7. The van der Waals surface area contributed by atoms with E-state index in [-0.39, 0.29) is 23.8 Å². The summed E-state index contributed by atoms with van der Waals surface area (Å²) in [6.07, 6.45) is 1.49. The molecule has 1 aliphatic rings. The summed E-state index contributed by atoms with van der Waals surface area (Å²) in [6.45, 7) is 3.67. The van der Waals surface area contributed by atoms with Gasteiger partial charge in [-0.15, -0.1) is 0 Å². The summed E-state index contributed by atoms with van der Waals surface area (Å²) in [5.41, 5.74) is 0.420. The number of carboxylic acid groups (broad SMARTS) is 1. The third-order valence-electron chi connectivity index (χ3n) is 3.73. The quantitative estimate of drug-likeness (QED) is 0.874. The Hall–Kier alpha value is -1.45. The predicted molar refractivity (Wildman–Crippen MR) is 68.2 cm³/mol. The Morgan fingerprint density at radius 1 is 1.37 bits per heavy atom. The third-order valence-corrected chi connectivity index (χ3v) is 3.73. The van der Waals surface area contributed by atoms with Crippen LogP contribution in [-0.2, 0) is 4.79 Å². The molecule has 2 rings (SSSR count). The van der Waals surface area contributed by atoms with Crippen LogP contribution in [-0.4, -0.2) is 11.1 Å². The largest absolute Gasteiger partial charge is 0.481 e. The van der Waals surface area contributed by atoms with E-state index in [2.05, 4.69) is 0 Å².